The number of rotatable bonds is 1. The first kappa shape index (κ1) is 8.73. The lowest BCUT2D eigenvalue weighted by atomic mass is 10.6. The minimum Gasteiger partial charge on any atom is -0.404 e. The number of aromatic nitrogens is 2. The predicted molar refractivity (Wildman–Crippen MR) is 42.8 cm³/mol. The molecule has 12 heavy (non-hydrogen) atoms. The molecule has 1 aromatic heterocycles. The first-order chi connectivity index (χ1) is 5.59. The molecule has 0 amide bonds. The second-order valence-corrected chi connectivity index (χ2v) is 2.36. The number of anilines is 1. The SMILES string of the molecule is CC(=O)Oc1ncc(Cl)nc1N. The molecule has 1 heterocycles. The predicted octanol–water partition coefficient (Wildman–Crippen LogP) is 0.638. The van der Waals surface area contributed by atoms with E-state index in [1.807, 2.05) is 0 Å². The summed E-state index contributed by atoms with van der Waals surface area (Å²) in [6, 6.07) is 0. The summed E-state index contributed by atoms with van der Waals surface area (Å²) in [6.07, 6.45) is 1.25. The van der Waals surface area contributed by atoms with Crippen molar-refractivity contribution in [2.24, 2.45) is 0 Å². The summed E-state index contributed by atoms with van der Waals surface area (Å²) in [6.45, 7) is 1.25. The van der Waals surface area contributed by atoms with Crippen LogP contribution >= 0.6 is 11.6 Å². The Balaban J connectivity index is 2.93. The lowest BCUT2D eigenvalue weighted by molar-refractivity contribution is -0.132. The summed E-state index contributed by atoms with van der Waals surface area (Å²) in [4.78, 5) is 17.8. The third kappa shape index (κ3) is 2.06. The second kappa shape index (κ2) is 3.36. The molecular weight excluding hydrogens is 182 g/mol. The van der Waals surface area contributed by atoms with Crippen molar-refractivity contribution in [2.45, 2.75) is 6.92 Å². The number of nitrogens with zero attached hydrogens (tertiary/aromatic N) is 2. The quantitative estimate of drug-likeness (QED) is 0.653. The molecule has 0 aliphatic rings. The van der Waals surface area contributed by atoms with E-state index in [0.29, 0.717) is 0 Å². The highest BCUT2D eigenvalue weighted by atomic mass is 35.5. The summed E-state index contributed by atoms with van der Waals surface area (Å²) in [5.74, 6) is -0.525. The van der Waals surface area contributed by atoms with E-state index >= 15 is 0 Å². The van der Waals surface area contributed by atoms with Crippen molar-refractivity contribution in [1.82, 2.24) is 9.97 Å². The molecule has 0 fully saturated rings. The number of nitrogen functional groups attached to an aromatic ring is 1. The van der Waals surface area contributed by atoms with Crippen LogP contribution in [-0.2, 0) is 4.79 Å². The molecule has 0 bridgehead atoms. The third-order valence-corrected chi connectivity index (χ3v) is 1.16. The van der Waals surface area contributed by atoms with E-state index in [1.165, 1.54) is 13.1 Å². The monoisotopic (exact) mass is 187 g/mol. The van der Waals surface area contributed by atoms with Gasteiger partial charge in [-0.05, 0) is 0 Å². The van der Waals surface area contributed by atoms with Gasteiger partial charge in [0.25, 0.3) is 5.88 Å². The van der Waals surface area contributed by atoms with Gasteiger partial charge >= 0.3 is 5.97 Å². The first-order valence-corrected chi connectivity index (χ1v) is 3.44. The van der Waals surface area contributed by atoms with Crippen LogP contribution in [-0.4, -0.2) is 15.9 Å². The topological polar surface area (TPSA) is 78.1 Å². The van der Waals surface area contributed by atoms with Crippen molar-refractivity contribution < 1.29 is 9.53 Å². The molecule has 2 N–H and O–H groups in total. The smallest absolute Gasteiger partial charge is 0.309 e. The van der Waals surface area contributed by atoms with Gasteiger partial charge in [-0.3, -0.25) is 4.79 Å². The highest BCUT2D eigenvalue weighted by molar-refractivity contribution is 6.29. The minimum absolute atomic E-state index is 0.00213. The fraction of sp³-hybridized carbons (Fsp3) is 0.167. The van der Waals surface area contributed by atoms with Crippen molar-refractivity contribution in [3.05, 3.63) is 11.3 Å². The number of carbonyl (C=O) groups excluding carboxylic acids is 1. The number of ether oxygens (including phenoxy) is 1. The number of hydrogen-bond donors (Lipinski definition) is 1. The van der Waals surface area contributed by atoms with Crippen LogP contribution in [0.25, 0.3) is 0 Å². The van der Waals surface area contributed by atoms with E-state index in [1.54, 1.807) is 0 Å². The van der Waals surface area contributed by atoms with Crippen molar-refractivity contribution in [3.8, 4) is 5.88 Å². The summed E-state index contributed by atoms with van der Waals surface area (Å²) in [5.41, 5.74) is 5.33. The molecule has 0 aliphatic heterocycles. The summed E-state index contributed by atoms with van der Waals surface area (Å²) in [7, 11) is 0. The highest BCUT2D eigenvalue weighted by Gasteiger charge is 2.06. The van der Waals surface area contributed by atoms with Crippen LogP contribution in [0.2, 0.25) is 5.15 Å². The summed E-state index contributed by atoms with van der Waals surface area (Å²) >= 11 is 5.46. The molecular formula is C6H6ClN3O2. The normalized spacial score (nSPS) is 9.50. The Kier molecular flexibility index (Phi) is 2.44. The van der Waals surface area contributed by atoms with Crippen LogP contribution in [0, 0.1) is 0 Å². The maximum Gasteiger partial charge on any atom is 0.309 e. The van der Waals surface area contributed by atoms with Gasteiger partial charge in [0.2, 0.25) is 0 Å². The van der Waals surface area contributed by atoms with Crippen LogP contribution in [0.1, 0.15) is 6.92 Å². The zero-order valence-electron chi connectivity index (χ0n) is 6.24. The molecule has 64 valence electrons. The Bertz CT molecular complexity index is 316. The van der Waals surface area contributed by atoms with Gasteiger partial charge in [0.15, 0.2) is 5.82 Å². The number of nitrogens with two attached hydrogens (primary N) is 1. The zero-order chi connectivity index (χ0) is 9.14. The molecule has 0 saturated carbocycles. The van der Waals surface area contributed by atoms with Crippen LogP contribution in [0.4, 0.5) is 5.82 Å². The Morgan fingerprint density at radius 2 is 2.42 bits per heavy atom. The molecule has 0 unspecified atom stereocenters. The highest BCUT2D eigenvalue weighted by Crippen LogP contribution is 2.16. The van der Waals surface area contributed by atoms with Gasteiger partial charge in [0.05, 0.1) is 6.20 Å². The van der Waals surface area contributed by atoms with Crippen LogP contribution in [0.3, 0.4) is 0 Å². The summed E-state index contributed by atoms with van der Waals surface area (Å²) in [5, 5.41) is 0.156. The maximum absolute atomic E-state index is 10.5. The van der Waals surface area contributed by atoms with Crippen molar-refractivity contribution in [2.75, 3.05) is 5.73 Å². The van der Waals surface area contributed by atoms with Crippen molar-refractivity contribution in [3.63, 3.8) is 0 Å². The molecule has 0 saturated heterocycles. The van der Waals surface area contributed by atoms with E-state index in [-0.39, 0.29) is 16.9 Å². The lowest BCUT2D eigenvalue weighted by Crippen LogP contribution is -2.06. The number of halogens is 1. The molecule has 6 heteroatoms. The van der Waals surface area contributed by atoms with Gasteiger partial charge in [0.1, 0.15) is 5.15 Å². The molecule has 0 aliphatic carbocycles. The summed E-state index contributed by atoms with van der Waals surface area (Å²) < 4.78 is 4.60. The average molecular weight is 188 g/mol. The second-order valence-electron chi connectivity index (χ2n) is 1.98. The van der Waals surface area contributed by atoms with E-state index in [4.69, 9.17) is 17.3 Å². The lowest BCUT2D eigenvalue weighted by Gasteiger charge is -2.01. The molecule has 5 nitrogen and oxygen atoms in total. The minimum atomic E-state index is -0.502. The Morgan fingerprint density at radius 1 is 1.75 bits per heavy atom. The largest absolute Gasteiger partial charge is 0.404 e. The molecule has 0 atom stereocenters. The van der Waals surface area contributed by atoms with Crippen LogP contribution in [0.15, 0.2) is 6.20 Å². The van der Waals surface area contributed by atoms with Gasteiger partial charge in [-0.2, -0.15) is 0 Å². The van der Waals surface area contributed by atoms with Gasteiger partial charge in [-0.15, -0.1) is 0 Å². The molecule has 0 aromatic carbocycles. The number of carbonyl (C=O) groups is 1. The van der Waals surface area contributed by atoms with Crippen molar-refractivity contribution in [1.29, 1.82) is 0 Å². The van der Waals surface area contributed by atoms with E-state index in [2.05, 4.69) is 14.7 Å². The number of esters is 1. The molecule has 1 aromatic rings. The third-order valence-electron chi connectivity index (χ3n) is 0.975. The van der Waals surface area contributed by atoms with E-state index in [0.717, 1.165) is 0 Å². The number of hydrogen-bond acceptors (Lipinski definition) is 5. The fourth-order valence-electron chi connectivity index (χ4n) is 0.585. The van der Waals surface area contributed by atoms with Gasteiger partial charge in [0, 0.05) is 6.92 Å². The van der Waals surface area contributed by atoms with E-state index in [9.17, 15) is 4.79 Å². The van der Waals surface area contributed by atoms with E-state index < -0.39 is 5.97 Å². The fourth-order valence-corrected chi connectivity index (χ4v) is 0.724. The zero-order valence-corrected chi connectivity index (χ0v) is 7.00. The Morgan fingerprint density at radius 3 is 2.92 bits per heavy atom. The Labute approximate surface area is 73.5 Å². The van der Waals surface area contributed by atoms with Gasteiger partial charge in [-0.25, -0.2) is 9.97 Å². The first-order valence-electron chi connectivity index (χ1n) is 3.06. The van der Waals surface area contributed by atoms with Crippen molar-refractivity contribution >= 4 is 23.4 Å². The van der Waals surface area contributed by atoms with Gasteiger partial charge in [-0.1, -0.05) is 11.6 Å². The average Bonchev–Trinajstić information content (AvgIpc) is 1.94. The molecule has 0 spiro atoms. The van der Waals surface area contributed by atoms with Crippen LogP contribution < -0.4 is 10.5 Å². The van der Waals surface area contributed by atoms with Gasteiger partial charge < -0.3 is 10.5 Å². The molecule has 0 radical (unpaired) electrons. The standard InChI is InChI=1S/C6H6ClN3O2/c1-3(11)12-6-5(8)10-4(7)2-9-6/h2H,1H3,(H2,8,10). The Hall–Kier alpha value is -1.36. The molecule has 1 rings (SSSR count). The van der Waals surface area contributed by atoms with Crippen LogP contribution in [0.5, 0.6) is 5.88 Å². The maximum atomic E-state index is 10.5.